The average molecular weight is 602 g/mol. The van der Waals surface area contributed by atoms with Crippen LogP contribution in [0.3, 0.4) is 0 Å². The molecule has 1 unspecified atom stereocenters. The van der Waals surface area contributed by atoms with Gasteiger partial charge in [-0.25, -0.2) is 4.39 Å². The molecule has 1 aliphatic rings. The Hall–Kier alpha value is -4.44. The standard InChI is InChI=1S/C39H40FN3O2/c1-28(2)30-10-16-38-36(24-30)31(26-42-38)17-20-43(21-22-44-35-7-4-3-5-8-35)19-6-18-39(33-11-13-34(40)14-12-33)37-15-9-29(25-41)23-32(37)27-45-39/h3-5,7-16,23-24,26,28,42H,6,17-22,27H2,1-2H3. The van der Waals surface area contributed by atoms with Crippen molar-refractivity contribution in [3.63, 3.8) is 0 Å². The summed E-state index contributed by atoms with van der Waals surface area (Å²) in [4.78, 5) is 5.93. The number of benzene rings is 4. The summed E-state index contributed by atoms with van der Waals surface area (Å²) in [6.45, 7) is 8.02. The van der Waals surface area contributed by atoms with E-state index in [-0.39, 0.29) is 5.82 Å². The molecule has 45 heavy (non-hydrogen) atoms. The number of nitriles is 1. The third kappa shape index (κ3) is 6.81. The van der Waals surface area contributed by atoms with Gasteiger partial charge in [0, 0.05) is 30.2 Å². The number of halogens is 1. The maximum atomic E-state index is 14.0. The Morgan fingerprint density at radius 2 is 1.80 bits per heavy atom. The average Bonchev–Trinajstić information content (AvgIpc) is 3.65. The Morgan fingerprint density at radius 1 is 0.978 bits per heavy atom. The van der Waals surface area contributed by atoms with E-state index in [0.29, 0.717) is 24.7 Å². The summed E-state index contributed by atoms with van der Waals surface area (Å²) < 4.78 is 26.6. The zero-order valence-corrected chi connectivity index (χ0v) is 26.1. The van der Waals surface area contributed by atoms with Gasteiger partial charge in [-0.3, -0.25) is 4.90 Å². The molecule has 0 fully saturated rings. The topological polar surface area (TPSA) is 61.3 Å². The second kappa shape index (κ2) is 13.7. The summed E-state index contributed by atoms with van der Waals surface area (Å²) >= 11 is 0. The second-order valence-corrected chi connectivity index (χ2v) is 12.2. The van der Waals surface area contributed by atoms with Gasteiger partial charge in [0.2, 0.25) is 0 Å². The molecule has 0 amide bonds. The van der Waals surface area contributed by atoms with Crippen LogP contribution < -0.4 is 4.74 Å². The molecule has 0 spiro atoms. The first kappa shape index (κ1) is 30.6. The SMILES string of the molecule is CC(C)c1ccc2[nH]cc(CCN(CCCC3(c4ccc(F)cc4)OCc4cc(C#N)ccc43)CCOc3ccccc3)c2c1. The summed E-state index contributed by atoms with van der Waals surface area (Å²) in [5.41, 5.74) is 6.80. The molecule has 6 heteroatoms. The highest BCUT2D eigenvalue weighted by atomic mass is 19.1. The van der Waals surface area contributed by atoms with Crippen molar-refractivity contribution in [2.75, 3.05) is 26.2 Å². The van der Waals surface area contributed by atoms with Crippen molar-refractivity contribution in [1.29, 1.82) is 5.26 Å². The number of nitrogens with zero attached hydrogens (tertiary/aromatic N) is 2. The minimum atomic E-state index is -0.687. The molecule has 0 bridgehead atoms. The summed E-state index contributed by atoms with van der Waals surface area (Å²) in [6, 6.07) is 31.4. The van der Waals surface area contributed by atoms with Crippen LogP contribution in [0.15, 0.2) is 97.2 Å². The maximum absolute atomic E-state index is 14.0. The van der Waals surface area contributed by atoms with E-state index in [1.54, 1.807) is 0 Å². The Balaban J connectivity index is 1.20. The molecule has 1 N–H and O–H groups in total. The third-order valence-electron chi connectivity index (χ3n) is 9.03. The Morgan fingerprint density at radius 3 is 2.58 bits per heavy atom. The van der Waals surface area contributed by atoms with Gasteiger partial charge in [-0.15, -0.1) is 0 Å². The minimum Gasteiger partial charge on any atom is -0.492 e. The number of ether oxygens (including phenoxy) is 2. The summed E-state index contributed by atoms with van der Waals surface area (Å²) in [6.07, 6.45) is 4.67. The predicted octanol–water partition coefficient (Wildman–Crippen LogP) is 8.48. The van der Waals surface area contributed by atoms with Crippen LogP contribution >= 0.6 is 0 Å². The molecular formula is C39H40FN3O2. The fourth-order valence-corrected chi connectivity index (χ4v) is 6.50. The first-order chi connectivity index (χ1) is 21.9. The molecule has 5 nitrogen and oxygen atoms in total. The monoisotopic (exact) mass is 601 g/mol. The summed E-state index contributed by atoms with van der Waals surface area (Å²) in [5, 5.41) is 10.8. The molecule has 1 atom stereocenters. The first-order valence-electron chi connectivity index (χ1n) is 15.9. The van der Waals surface area contributed by atoms with Crippen molar-refractivity contribution < 1.29 is 13.9 Å². The van der Waals surface area contributed by atoms with E-state index in [2.05, 4.69) is 54.2 Å². The van der Waals surface area contributed by atoms with E-state index >= 15 is 0 Å². The highest BCUT2D eigenvalue weighted by molar-refractivity contribution is 5.84. The van der Waals surface area contributed by atoms with Crippen molar-refractivity contribution in [3.05, 3.63) is 136 Å². The van der Waals surface area contributed by atoms with Gasteiger partial charge in [-0.05, 0) is 108 Å². The van der Waals surface area contributed by atoms with E-state index in [0.717, 1.165) is 61.3 Å². The molecular weight excluding hydrogens is 561 g/mol. The predicted molar refractivity (Wildman–Crippen MR) is 177 cm³/mol. The lowest BCUT2D eigenvalue weighted by Gasteiger charge is -2.32. The number of aromatic amines is 1. The summed E-state index contributed by atoms with van der Waals surface area (Å²) in [7, 11) is 0. The molecule has 0 saturated carbocycles. The number of hydrogen-bond acceptors (Lipinski definition) is 4. The van der Waals surface area contributed by atoms with E-state index in [4.69, 9.17) is 9.47 Å². The molecule has 1 aliphatic heterocycles. The van der Waals surface area contributed by atoms with Crippen molar-refractivity contribution in [3.8, 4) is 11.8 Å². The highest BCUT2D eigenvalue weighted by Gasteiger charge is 2.41. The third-order valence-corrected chi connectivity index (χ3v) is 9.03. The fraction of sp³-hybridized carbons (Fsp3) is 0.308. The highest BCUT2D eigenvalue weighted by Crippen LogP contribution is 2.45. The zero-order valence-electron chi connectivity index (χ0n) is 26.1. The van der Waals surface area contributed by atoms with E-state index < -0.39 is 5.60 Å². The molecule has 0 radical (unpaired) electrons. The molecule has 230 valence electrons. The second-order valence-electron chi connectivity index (χ2n) is 12.2. The number of rotatable bonds is 13. The van der Waals surface area contributed by atoms with Crippen LogP contribution in [0.1, 0.15) is 66.0 Å². The van der Waals surface area contributed by atoms with Gasteiger partial charge in [0.25, 0.3) is 0 Å². The normalized spacial score (nSPS) is 15.9. The zero-order chi connectivity index (χ0) is 31.2. The molecule has 0 saturated heterocycles. The van der Waals surface area contributed by atoms with Gasteiger partial charge in [-0.2, -0.15) is 5.26 Å². The van der Waals surface area contributed by atoms with Crippen molar-refractivity contribution in [1.82, 2.24) is 9.88 Å². The molecule has 5 aromatic rings. The van der Waals surface area contributed by atoms with Crippen LogP contribution in [0, 0.1) is 17.1 Å². The first-order valence-corrected chi connectivity index (χ1v) is 15.9. The van der Waals surface area contributed by atoms with Crippen LogP contribution in [0.5, 0.6) is 5.75 Å². The van der Waals surface area contributed by atoms with Crippen LogP contribution in [0.4, 0.5) is 4.39 Å². The quantitative estimate of drug-likeness (QED) is 0.147. The number of hydrogen-bond donors (Lipinski definition) is 1. The number of fused-ring (bicyclic) bond motifs is 2. The van der Waals surface area contributed by atoms with Gasteiger partial charge < -0.3 is 14.5 Å². The molecule has 0 aliphatic carbocycles. The minimum absolute atomic E-state index is 0.269. The molecule has 2 heterocycles. The van der Waals surface area contributed by atoms with Gasteiger partial charge >= 0.3 is 0 Å². The number of H-pyrrole nitrogens is 1. The van der Waals surface area contributed by atoms with Crippen LogP contribution in [-0.2, 0) is 23.4 Å². The smallest absolute Gasteiger partial charge is 0.123 e. The van der Waals surface area contributed by atoms with E-state index in [1.807, 2.05) is 60.7 Å². The van der Waals surface area contributed by atoms with Crippen LogP contribution in [0.2, 0.25) is 0 Å². The maximum Gasteiger partial charge on any atom is 0.123 e. The number of nitrogens with one attached hydrogen (secondary N) is 1. The Bertz CT molecular complexity index is 1770. The lowest BCUT2D eigenvalue weighted by molar-refractivity contribution is -0.0147. The van der Waals surface area contributed by atoms with Crippen LogP contribution in [-0.4, -0.2) is 36.1 Å². The van der Waals surface area contributed by atoms with Gasteiger partial charge in [-0.1, -0.05) is 56.3 Å². The number of para-hydroxylation sites is 1. The van der Waals surface area contributed by atoms with Gasteiger partial charge in [0.15, 0.2) is 0 Å². The van der Waals surface area contributed by atoms with Crippen LogP contribution in [0.25, 0.3) is 10.9 Å². The van der Waals surface area contributed by atoms with E-state index in [9.17, 15) is 9.65 Å². The van der Waals surface area contributed by atoms with Crippen molar-refractivity contribution in [2.45, 2.75) is 51.2 Å². The van der Waals surface area contributed by atoms with Gasteiger partial charge in [0.05, 0.1) is 18.2 Å². The largest absolute Gasteiger partial charge is 0.492 e. The lowest BCUT2D eigenvalue weighted by atomic mass is 9.81. The number of aromatic nitrogens is 1. The molecule has 1 aromatic heterocycles. The van der Waals surface area contributed by atoms with Gasteiger partial charge in [0.1, 0.15) is 23.8 Å². The Kier molecular flexibility index (Phi) is 9.30. The Labute approximate surface area is 265 Å². The molecule has 6 rings (SSSR count). The fourth-order valence-electron chi connectivity index (χ4n) is 6.50. The molecule has 4 aromatic carbocycles. The summed E-state index contributed by atoms with van der Waals surface area (Å²) in [5.74, 6) is 1.08. The lowest BCUT2D eigenvalue weighted by Crippen LogP contribution is -2.34. The van der Waals surface area contributed by atoms with Crippen molar-refractivity contribution >= 4 is 10.9 Å². The van der Waals surface area contributed by atoms with E-state index in [1.165, 1.54) is 34.2 Å². The van der Waals surface area contributed by atoms with Crippen molar-refractivity contribution in [2.24, 2.45) is 0 Å².